The highest BCUT2D eigenvalue weighted by Crippen LogP contribution is 2.25. The van der Waals surface area contributed by atoms with Gasteiger partial charge >= 0.3 is 0 Å². The van der Waals surface area contributed by atoms with Crippen molar-refractivity contribution in [2.24, 2.45) is 0 Å². The maximum absolute atomic E-state index is 8.85. The van der Waals surface area contributed by atoms with Gasteiger partial charge in [-0.3, -0.25) is 5.32 Å². The highest BCUT2D eigenvalue weighted by Gasteiger charge is 2.27. The van der Waals surface area contributed by atoms with Gasteiger partial charge in [0, 0.05) is 5.69 Å². The van der Waals surface area contributed by atoms with E-state index in [-0.39, 0.29) is 13.6 Å². The Hall–Kier alpha value is -2.67. The Morgan fingerprint density at radius 2 is 1.63 bits per heavy atom. The van der Waals surface area contributed by atoms with Gasteiger partial charge in [-0.15, -0.1) is 0 Å². The van der Waals surface area contributed by atoms with Crippen molar-refractivity contribution >= 4 is 5.69 Å². The van der Waals surface area contributed by atoms with Crippen molar-refractivity contribution < 1.29 is 18.9 Å². The first-order chi connectivity index (χ1) is 13.3. The number of benzene rings is 2. The van der Waals surface area contributed by atoms with Crippen molar-refractivity contribution in [1.82, 2.24) is 10.2 Å². The molecule has 0 unspecified atom stereocenters. The van der Waals surface area contributed by atoms with E-state index in [1.165, 1.54) is 0 Å². The highest BCUT2D eigenvalue weighted by atomic mass is 16.9. The summed E-state index contributed by atoms with van der Waals surface area (Å²) in [7, 11) is 0. The summed E-state index contributed by atoms with van der Waals surface area (Å²) in [6, 6.07) is 17.0. The monoisotopic (exact) mass is 368 g/mol. The number of nitrogens with one attached hydrogen (secondary N) is 1. The first kappa shape index (κ1) is 17.7. The van der Waals surface area contributed by atoms with Crippen LogP contribution in [0.15, 0.2) is 48.5 Å². The normalized spacial score (nSPS) is 18.9. The summed E-state index contributed by atoms with van der Waals surface area (Å²) in [6.07, 6.45) is -0.409. The van der Waals surface area contributed by atoms with Gasteiger partial charge in [0.05, 0.1) is 31.6 Å². The molecule has 2 aliphatic heterocycles. The minimum absolute atomic E-state index is 0.239. The summed E-state index contributed by atoms with van der Waals surface area (Å²) in [4.78, 5) is 4.23. The molecule has 8 nitrogen and oxygen atoms in total. The SMILES string of the molecule is N#Cc1ccc(Oc2ccc(N3CNCN(C4OCOCO4)C3)cc2)cc1. The van der Waals surface area contributed by atoms with Gasteiger partial charge in [-0.2, -0.15) is 5.26 Å². The van der Waals surface area contributed by atoms with Gasteiger partial charge in [0.15, 0.2) is 13.6 Å². The molecule has 4 rings (SSSR count). The number of ether oxygens (including phenoxy) is 4. The molecular formula is C19H20N4O4. The summed E-state index contributed by atoms with van der Waals surface area (Å²) in [5, 5.41) is 12.2. The fraction of sp³-hybridized carbons (Fsp3) is 0.316. The molecule has 0 amide bonds. The van der Waals surface area contributed by atoms with Crippen LogP contribution in [0.5, 0.6) is 11.5 Å². The smallest absolute Gasteiger partial charge is 0.225 e. The molecule has 0 aliphatic carbocycles. The Kier molecular flexibility index (Phi) is 5.48. The molecule has 0 atom stereocenters. The van der Waals surface area contributed by atoms with Crippen LogP contribution in [0.4, 0.5) is 5.69 Å². The Morgan fingerprint density at radius 3 is 2.30 bits per heavy atom. The fourth-order valence-corrected chi connectivity index (χ4v) is 2.93. The summed E-state index contributed by atoms with van der Waals surface area (Å²) in [5.74, 6) is 1.43. The number of hydrogen-bond donors (Lipinski definition) is 1. The van der Waals surface area contributed by atoms with E-state index in [0.717, 1.165) is 18.1 Å². The topological polar surface area (TPSA) is 79.2 Å². The molecule has 140 valence electrons. The maximum Gasteiger partial charge on any atom is 0.225 e. The molecule has 2 saturated heterocycles. The van der Waals surface area contributed by atoms with Gasteiger partial charge in [-0.05, 0) is 48.5 Å². The van der Waals surface area contributed by atoms with Crippen LogP contribution in [0.3, 0.4) is 0 Å². The van der Waals surface area contributed by atoms with Crippen molar-refractivity contribution in [3.05, 3.63) is 54.1 Å². The highest BCUT2D eigenvalue weighted by molar-refractivity contribution is 5.50. The lowest BCUT2D eigenvalue weighted by atomic mass is 10.2. The summed E-state index contributed by atoms with van der Waals surface area (Å²) in [6.45, 7) is 2.56. The van der Waals surface area contributed by atoms with Crippen LogP contribution in [0, 0.1) is 11.3 Å². The van der Waals surface area contributed by atoms with Gasteiger partial charge in [0.1, 0.15) is 11.5 Å². The number of nitrogens with zero attached hydrogens (tertiary/aromatic N) is 3. The molecular weight excluding hydrogens is 348 g/mol. The Labute approximate surface area is 157 Å². The second kappa shape index (κ2) is 8.35. The quantitative estimate of drug-likeness (QED) is 0.880. The van der Waals surface area contributed by atoms with Crippen LogP contribution in [-0.2, 0) is 14.2 Å². The zero-order chi connectivity index (χ0) is 18.5. The van der Waals surface area contributed by atoms with Crippen molar-refractivity contribution in [1.29, 1.82) is 5.26 Å². The van der Waals surface area contributed by atoms with Crippen LogP contribution >= 0.6 is 0 Å². The lowest BCUT2D eigenvalue weighted by Crippen LogP contribution is -2.58. The van der Waals surface area contributed by atoms with E-state index < -0.39 is 6.41 Å². The van der Waals surface area contributed by atoms with Gasteiger partial charge in [-0.1, -0.05) is 0 Å². The molecule has 0 saturated carbocycles. The molecule has 0 radical (unpaired) electrons. The average molecular weight is 368 g/mol. The molecule has 2 aromatic carbocycles. The van der Waals surface area contributed by atoms with E-state index in [4.69, 9.17) is 24.2 Å². The minimum atomic E-state index is -0.409. The number of anilines is 1. The molecule has 2 heterocycles. The molecule has 2 fully saturated rings. The zero-order valence-electron chi connectivity index (χ0n) is 14.7. The van der Waals surface area contributed by atoms with E-state index in [1.807, 2.05) is 29.2 Å². The molecule has 0 aromatic heterocycles. The van der Waals surface area contributed by atoms with E-state index in [0.29, 0.717) is 24.7 Å². The third-order valence-corrected chi connectivity index (χ3v) is 4.28. The third kappa shape index (κ3) is 4.36. The van der Waals surface area contributed by atoms with Crippen molar-refractivity contribution in [3.8, 4) is 17.6 Å². The Morgan fingerprint density at radius 1 is 0.963 bits per heavy atom. The largest absolute Gasteiger partial charge is 0.457 e. The molecule has 27 heavy (non-hydrogen) atoms. The predicted octanol–water partition coefficient (Wildman–Crippen LogP) is 2.20. The van der Waals surface area contributed by atoms with Crippen molar-refractivity contribution in [2.75, 3.05) is 38.5 Å². The van der Waals surface area contributed by atoms with Gasteiger partial charge < -0.3 is 23.8 Å². The number of hydrogen-bond acceptors (Lipinski definition) is 8. The number of rotatable bonds is 4. The van der Waals surface area contributed by atoms with E-state index in [9.17, 15) is 0 Å². The van der Waals surface area contributed by atoms with Crippen LogP contribution in [0.25, 0.3) is 0 Å². The molecule has 1 N–H and O–H groups in total. The van der Waals surface area contributed by atoms with Crippen LogP contribution in [0.2, 0.25) is 0 Å². The van der Waals surface area contributed by atoms with Crippen molar-refractivity contribution in [3.63, 3.8) is 0 Å². The minimum Gasteiger partial charge on any atom is -0.457 e. The second-order valence-corrected chi connectivity index (χ2v) is 6.15. The van der Waals surface area contributed by atoms with Crippen molar-refractivity contribution in [2.45, 2.75) is 6.41 Å². The van der Waals surface area contributed by atoms with E-state index in [2.05, 4.69) is 16.3 Å². The summed E-state index contributed by atoms with van der Waals surface area (Å²) < 4.78 is 21.8. The number of nitriles is 1. The average Bonchev–Trinajstić information content (AvgIpc) is 2.75. The molecule has 2 aliphatic rings. The lowest BCUT2D eigenvalue weighted by molar-refractivity contribution is -0.345. The summed E-state index contributed by atoms with van der Waals surface area (Å²) >= 11 is 0. The van der Waals surface area contributed by atoms with E-state index in [1.54, 1.807) is 24.3 Å². The molecule has 8 heteroatoms. The molecule has 0 spiro atoms. The van der Waals surface area contributed by atoms with Gasteiger partial charge in [-0.25, -0.2) is 4.90 Å². The first-order valence-electron chi connectivity index (χ1n) is 8.60. The maximum atomic E-state index is 8.85. The predicted molar refractivity (Wildman–Crippen MR) is 96.5 cm³/mol. The van der Waals surface area contributed by atoms with Gasteiger partial charge in [0.2, 0.25) is 6.41 Å². The van der Waals surface area contributed by atoms with Gasteiger partial charge in [0.25, 0.3) is 0 Å². The Bertz CT molecular complexity index is 785. The van der Waals surface area contributed by atoms with E-state index >= 15 is 0 Å². The molecule has 0 bridgehead atoms. The molecule has 2 aromatic rings. The zero-order valence-corrected chi connectivity index (χ0v) is 14.7. The van der Waals surface area contributed by atoms with Crippen LogP contribution in [-0.4, -0.2) is 44.9 Å². The fourth-order valence-electron chi connectivity index (χ4n) is 2.93. The lowest BCUT2D eigenvalue weighted by Gasteiger charge is -2.41. The third-order valence-electron chi connectivity index (χ3n) is 4.28. The standard InChI is InChI=1S/C19H20N4O4/c20-9-15-1-5-17(6-2-15)27-18-7-3-16(4-8-18)22-10-21-11-23(12-22)19-25-13-24-14-26-19/h1-8,19,21H,10-14H2. The first-order valence-corrected chi connectivity index (χ1v) is 8.60. The van der Waals surface area contributed by atoms with Crippen LogP contribution < -0.4 is 15.0 Å². The summed E-state index contributed by atoms with van der Waals surface area (Å²) in [5.41, 5.74) is 1.67. The Balaban J connectivity index is 1.38. The van der Waals surface area contributed by atoms with Crippen LogP contribution in [0.1, 0.15) is 5.56 Å². The second-order valence-electron chi connectivity index (χ2n) is 6.15.